The second kappa shape index (κ2) is 6.73. The van der Waals surface area contributed by atoms with Crippen molar-refractivity contribution in [3.05, 3.63) is 22.8 Å². The molecule has 0 aliphatic carbocycles. The van der Waals surface area contributed by atoms with Crippen LogP contribution in [0.2, 0.25) is 5.02 Å². The van der Waals surface area contributed by atoms with Gasteiger partial charge in [-0.15, -0.1) is 0 Å². The van der Waals surface area contributed by atoms with Gasteiger partial charge in [0, 0.05) is 19.3 Å². The van der Waals surface area contributed by atoms with Crippen molar-refractivity contribution in [3.63, 3.8) is 0 Å². The van der Waals surface area contributed by atoms with Crippen molar-refractivity contribution in [1.29, 1.82) is 0 Å². The standard InChI is InChI=1S/C13H18ClN3O2/c14-11-8-10(13(18)19)9-16-12(11)15-4-7-17-5-2-1-3-6-17/h8-9H,1-7H2,(H,15,16)(H,18,19). The van der Waals surface area contributed by atoms with Crippen molar-refractivity contribution in [2.24, 2.45) is 0 Å². The van der Waals surface area contributed by atoms with Gasteiger partial charge in [0.25, 0.3) is 0 Å². The third kappa shape index (κ3) is 4.08. The molecule has 5 nitrogen and oxygen atoms in total. The minimum atomic E-state index is -1.02. The van der Waals surface area contributed by atoms with Crippen molar-refractivity contribution < 1.29 is 9.90 Å². The first-order valence-electron chi connectivity index (χ1n) is 6.52. The molecular weight excluding hydrogens is 266 g/mol. The minimum Gasteiger partial charge on any atom is -0.478 e. The number of nitrogens with one attached hydrogen (secondary N) is 1. The van der Waals surface area contributed by atoms with Crippen LogP contribution in [0.15, 0.2) is 12.3 Å². The van der Waals surface area contributed by atoms with E-state index in [9.17, 15) is 4.79 Å². The first kappa shape index (κ1) is 14.1. The molecule has 1 fully saturated rings. The Morgan fingerprint density at radius 3 is 2.79 bits per heavy atom. The highest BCUT2D eigenvalue weighted by Gasteiger charge is 2.11. The van der Waals surface area contributed by atoms with Gasteiger partial charge in [-0.2, -0.15) is 0 Å². The summed E-state index contributed by atoms with van der Waals surface area (Å²) < 4.78 is 0. The van der Waals surface area contributed by atoms with Crippen LogP contribution < -0.4 is 5.32 Å². The number of aromatic carboxylic acids is 1. The summed E-state index contributed by atoms with van der Waals surface area (Å²) in [5, 5.41) is 12.3. The normalized spacial score (nSPS) is 16.3. The molecule has 2 N–H and O–H groups in total. The van der Waals surface area contributed by atoms with Gasteiger partial charge in [0.1, 0.15) is 5.82 Å². The summed E-state index contributed by atoms with van der Waals surface area (Å²) in [6.45, 7) is 4.03. The predicted octanol–water partition coefficient (Wildman–Crippen LogP) is 2.33. The number of piperidine rings is 1. The SMILES string of the molecule is O=C(O)c1cnc(NCCN2CCCCC2)c(Cl)c1. The molecule has 6 heteroatoms. The van der Waals surface area contributed by atoms with Gasteiger partial charge in [0.2, 0.25) is 0 Å². The Balaban J connectivity index is 1.83. The summed E-state index contributed by atoms with van der Waals surface area (Å²) in [5.74, 6) is -0.474. The number of halogens is 1. The fourth-order valence-corrected chi connectivity index (χ4v) is 2.43. The molecule has 1 saturated heterocycles. The molecule has 0 spiro atoms. The summed E-state index contributed by atoms with van der Waals surface area (Å²) in [6.07, 6.45) is 5.18. The maximum absolute atomic E-state index is 10.8. The second-order valence-corrected chi connectivity index (χ2v) is 5.10. The number of hydrogen-bond acceptors (Lipinski definition) is 4. The molecule has 19 heavy (non-hydrogen) atoms. The third-order valence-corrected chi connectivity index (χ3v) is 3.55. The Kier molecular flexibility index (Phi) is 4.99. The molecule has 0 radical (unpaired) electrons. The molecule has 1 aliphatic rings. The quantitative estimate of drug-likeness (QED) is 0.868. The highest BCUT2D eigenvalue weighted by molar-refractivity contribution is 6.33. The van der Waals surface area contributed by atoms with E-state index >= 15 is 0 Å². The molecule has 0 aromatic carbocycles. The monoisotopic (exact) mass is 283 g/mol. The van der Waals surface area contributed by atoms with E-state index in [1.807, 2.05) is 0 Å². The van der Waals surface area contributed by atoms with Crippen LogP contribution in [-0.4, -0.2) is 47.1 Å². The van der Waals surface area contributed by atoms with Crippen molar-refractivity contribution in [1.82, 2.24) is 9.88 Å². The van der Waals surface area contributed by atoms with Gasteiger partial charge in [-0.05, 0) is 32.0 Å². The fourth-order valence-electron chi connectivity index (χ4n) is 2.20. The largest absolute Gasteiger partial charge is 0.478 e. The van der Waals surface area contributed by atoms with E-state index in [1.54, 1.807) is 0 Å². The van der Waals surface area contributed by atoms with Crippen LogP contribution in [0.5, 0.6) is 0 Å². The van der Waals surface area contributed by atoms with Gasteiger partial charge in [0.05, 0.1) is 10.6 Å². The molecule has 104 valence electrons. The van der Waals surface area contributed by atoms with E-state index < -0.39 is 5.97 Å². The van der Waals surface area contributed by atoms with E-state index in [0.717, 1.165) is 26.2 Å². The number of aromatic nitrogens is 1. The van der Waals surface area contributed by atoms with Crippen LogP contribution in [0, 0.1) is 0 Å². The van der Waals surface area contributed by atoms with E-state index in [0.29, 0.717) is 10.8 Å². The first-order chi connectivity index (χ1) is 9.16. The molecule has 0 bridgehead atoms. The lowest BCUT2D eigenvalue weighted by molar-refractivity contribution is 0.0696. The zero-order valence-electron chi connectivity index (χ0n) is 10.7. The van der Waals surface area contributed by atoms with Gasteiger partial charge in [-0.3, -0.25) is 0 Å². The van der Waals surface area contributed by atoms with Crippen LogP contribution in [0.4, 0.5) is 5.82 Å². The zero-order chi connectivity index (χ0) is 13.7. The lowest BCUT2D eigenvalue weighted by Gasteiger charge is -2.26. The van der Waals surface area contributed by atoms with E-state index in [4.69, 9.17) is 16.7 Å². The van der Waals surface area contributed by atoms with E-state index in [2.05, 4.69) is 15.2 Å². The highest BCUT2D eigenvalue weighted by atomic mass is 35.5. The topological polar surface area (TPSA) is 65.5 Å². The van der Waals surface area contributed by atoms with Gasteiger partial charge < -0.3 is 15.3 Å². The van der Waals surface area contributed by atoms with Crippen molar-refractivity contribution in [2.45, 2.75) is 19.3 Å². The van der Waals surface area contributed by atoms with Gasteiger partial charge >= 0.3 is 5.97 Å². The Morgan fingerprint density at radius 1 is 1.42 bits per heavy atom. The van der Waals surface area contributed by atoms with E-state index in [1.165, 1.54) is 31.5 Å². The average molecular weight is 284 g/mol. The smallest absolute Gasteiger partial charge is 0.337 e. The van der Waals surface area contributed by atoms with Crippen LogP contribution in [0.25, 0.3) is 0 Å². The number of anilines is 1. The Hall–Kier alpha value is -1.33. The predicted molar refractivity (Wildman–Crippen MR) is 75.0 cm³/mol. The average Bonchev–Trinajstić information content (AvgIpc) is 2.41. The van der Waals surface area contributed by atoms with Crippen LogP contribution in [0.3, 0.4) is 0 Å². The summed E-state index contributed by atoms with van der Waals surface area (Å²) in [4.78, 5) is 17.2. The van der Waals surface area contributed by atoms with Crippen LogP contribution >= 0.6 is 11.6 Å². The number of nitrogens with zero attached hydrogens (tertiary/aromatic N) is 2. The molecule has 0 unspecified atom stereocenters. The summed E-state index contributed by atoms with van der Waals surface area (Å²) in [7, 11) is 0. The number of hydrogen-bond donors (Lipinski definition) is 2. The van der Waals surface area contributed by atoms with Gasteiger partial charge in [-0.25, -0.2) is 9.78 Å². The van der Waals surface area contributed by atoms with E-state index in [-0.39, 0.29) is 5.56 Å². The van der Waals surface area contributed by atoms with Crippen molar-refractivity contribution in [2.75, 3.05) is 31.5 Å². The van der Waals surface area contributed by atoms with Crippen molar-refractivity contribution in [3.8, 4) is 0 Å². The molecule has 2 rings (SSSR count). The maximum atomic E-state index is 10.8. The molecular formula is C13H18ClN3O2. The lowest BCUT2D eigenvalue weighted by Crippen LogP contribution is -2.33. The number of pyridine rings is 1. The lowest BCUT2D eigenvalue weighted by atomic mass is 10.1. The summed E-state index contributed by atoms with van der Waals surface area (Å²) in [6, 6.07) is 1.42. The highest BCUT2D eigenvalue weighted by Crippen LogP contribution is 2.20. The Labute approximate surface area is 117 Å². The summed E-state index contributed by atoms with van der Waals surface area (Å²) >= 11 is 5.99. The number of likely N-dealkylation sites (tertiary alicyclic amines) is 1. The molecule has 0 amide bonds. The van der Waals surface area contributed by atoms with Crippen LogP contribution in [0.1, 0.15) is 29.6 Å². The molecule has 1 aliphatic heterocycles. The van der Waals surface area contributed by atoms with Gasteiger partial charge in [0.15, 0.2) is 0 Å². The molecule has 2 heterocycles. The number of carboxylic acids is 1. The molecule has 0 atom stereocenters. The number of rotatable bonds is 5. The fraction of sp³-hybridized carbons (Fsp3) is 0.538. The minimum absolute atomic E-state index is 0.103. The maximum Gasteiger partial charge on any atom is 0.337 e. The van der Waals surface area contributed by atoms with Crippen LogP contribution in [-0.2, 0) is 0 Å². The molecule has 0 saturated carbocycles. The Morgan fingerprint density at radius 2 is 2.16 bits per heavy atom. The second-order valence-electron chi connectivity index (χ2n) is 4.69. The number of carboxylic acid groups (broad SMARTS) is 1. The molecule has 1 aromatic rings. The first-order valence-corrected chi connectivity index (χ1v) is 6.89. The zero-order valence-corrected chi connectivity index (χ0v) is 11.5. The van der Waals surface area contributed by atoms with Gasteiger partial charge in [-0.1, -0.05) is 18.0 Å². The Bertz CT molecular complexity index is 448. The summed E-state index contributed by atoms with van der Waals surface area (Å²) in [5.41, 5.74) is 0.103. The third-order valence-electron chi connectivity index (χ3n) is 3.26. The molecule has 1 aromatic heterocycles. The van der Waals surface area contributed by atoms with Crippen molar-refractivity contribution >= 4 is 23.4 Å². The number of carbonyl (C=O) groups is 1.